The average Bonchev–Trinajstić information content (AvgIpc) is 3.13. The van der Waals surface area contributed by atoms with Crippen LogP contribution in [0.1, 0.15) is 19.3 Å². The predicted molar refractivity (Wildman–Crippen MR) is 84.7 cm³/mol. The molecule has 2 aliphatic heterocycles. The molecule has 1 aromatic heterocycles. The first-order chi connectivity index (χ1) is 10.8. The Labute approximate surface area is 132 Å². The van der Waals surface area contributed by atoms with Crippen molar-refractivity contribution in [3.63, 3.8) is 0 Å². The van der Waals surface area contributed by atoms with Crippen LogP contribution in [0.4, 0.5) is 0 Å². The summed E-state index contributed by atoms with van der Waals surface area (Å²) in [6.45, 7) is 7.63. The molecular formula is C16H28N4O2. The number of nitrogens with zero attached hydrogens (tertiary/aromatic N) is 4. The van der Waals surface area contributed by atoms with Crippen LogP contribution in [0.5, 0.6) is 0 Å². The van der Waals surface area contributed by atoms with Crippen LogP contribution in [0.2, 0.25) is 0 Å². The summed E-state index contributed by atoms with van der Waals surface area (Å²) in [6.07, 6.45) is 7.33. The predicted octanol–water partition coefficient (Wildman–Crippen LogP) is 0.431. The van der Waals surface area contributed by atoms with E-state index in [0.717, 1.165) is 45.9 Å². The van der Waals surface area contributed by atoms with Gasteiger partial charge in [0.1, 0.15) is 0 Å². The number of ether oxygens (including phenoxy) is 1. The lowest BCUT2D eigenvalue weighted by molar-refractivity contribution is 0.0716. The highest BCUT2D eigenvalue weighted by molar-refractivity contribution is 4.80. The van der Waals surface area contributed by atoms with Gasteiger partial charge in [-0.2, -0.15) is 5.10 Å². The highest BCUT2D eigenvalue weighted by atomic mass is 16.5. The molecule has 0 unspecified atom stereocenters. The maximum Gasteiger partial charge on any atom is 0.0862 e. The SMILES string of the molecule is O[C@@H](CN1CCCN(C[C@H]2CCCO2)CC1)Cn1cccn1. The van der Waals surface area contributed by atoms with E-state index in [1.807, 2.05) is 12.3 Å². The zero-order chi connectivity index (χ0) is 15.2. The summed E-state index contributed by atoms with van der Waals surface area (Å²) in [5.74, 6) is 0. The Balaban J connectivity index is 1.39. The fourth-order valence-electron chi connectivity index (χ4n) is 3.45. The van der Waals surface area contributed by atoms with E-state index in [2.05, 4.69) is 14.9 Å². The Bertz CT molecular complexity index is 420. The number of aliphatic hydroxyl groups excluding tert-OH is 1. The molecule has 0 aromatic carbocycles. The van der Waals surface area contributed by atoms with Crippen molar-refractivity contribution >= 4 is 0 Å². The van der Waals surface area contributed by atoms with Gasteiger partial charge in [0.05, 0.1) is 18.8 Å². The van der Waals surface area contributed by atoms with Crippen molar-refractivity contribution in [1.82, 2.24) is 19.6 Å². The minimum atomic E-state index is -0.357. The Morgan fingerprint density at radius 1 is 1.14 bits per heavy atom. The van der Waals surface area contributed by atoms with Gasteiger partial charge in [0.25, 0.3) is 0 Å². The number of rotatable bonds is 6. The van der Waals surface area contributed by atoms with E-state index in [1.54, 1.807) is 10.9 Å². The van der Waals surface area contributed by atoms with Crippen LogP contribution in [0.15, 0.2) is 18.5 Å². The molecule has 22 heavy (non-hydrogen) atoms. The van der Waals surface area contributed by atoms with Crippen molar-refractivity contribution in [2.75, 3.05) is 45.9 Å². The second-order valence-electron chi connectivity index (χ2n) is 6.47. The fraction of sp³-hybridized carbons (Fsp3) is 0.812. The molecule has 0 saturated carbocycles. The molecule has 3 heterocycles. The number of hydrogen-bond donors (Lipinski definition) is 1. The lowest BCUT2D eigenvalue weighted by Crippen LogP contribution is -2.38. The Morgan fingerprint density at radius 3 is 2.77 bits per heavy atom. The summed E-state index contributed by atoms with van der Waals surface area (Å²) < 4.78 is 7.54. The molecule has 2 fully saturated rings. The van der Waals surface area contributed by atoms with Crippen LogP contribution >= 0.6 is 0 Å². The van der Waals surface area contributed by atoms with Crippen molar-refractivity contribution in [2.45, 2.75) is 38.0 Å². The van der Waals surface area contributed by atoms with Crippen LogP contribution in [0.25, 0.3) is 0 Å². The number of aromatic nitrogens is 2. The van der Waals surface area contributed by atoms with E-state index < -0.39 is 0 Å². The molecule has 6 heteroatoms. The molecule has 3 rings (SSSR count). The second kappa shape index (κ2) is 8.06. The van der Waals surface area contributed by atoms with E-state index in [4.69, 9.17) is 4.74 Å². The maximum absolute atomic E-state index is 10.2. The van der Waals surface area contributed by atoms with E-state index in [0.29, 0.717) is 12.6 Å². The van der Waals surface area contributed by atoms with Crippen LogP contribution < -0.4 is 0 Å². The van der Waals surface area contributed by atoms with Gasteiger partial charge in [-0.1, -0.05) is 0 Å². The van der Waals surface area contributed by atoms with E-state index in [9.17, 15) is 5.11 Å². The average molecular weight is 308 g/mol. The van der Waals surface area contributed by atoms with Gasteiger partial charge < -0.3 is 9.84 Å². The van der Waals surface area contributed by atoms with Crippen molar-refractivity contribution in [3.8, 4) is 0 Å². The minimum absolute atomic E-state index is 0.357. The van der Waals surface area contributed by atoms with Gasteiger partial charge in [0.2, 0.25) is 0 Å². The maximum atomic E-state index is 10.2. The normalized spacial score (nSPS) is 26.1. The molecule has 6 nitrogen and oxygen atoms in total. The van der Waals surface area contributed by atoms with Crippen molar-refractivity contribution < 1.29 is 9.84 Å². The van der Waals surface area contributed by atoms with Crippen molar-refractivity contribution in [3.05, 3.63) is 18.5 Å². The van der Waals surface area contributed by atoms with Gasteiger partial charge >= 0.3 is 0 Å². The smallest absolute Gasteiger partial charge is 0.0862 e. The molecule has 0 bridgehead atoms. The monoisotopic (exact) mass is 308 g/mol. The highest BCUT2D eigenvalue weighted by Crippen LogP contribution is 2.14. The first-order valence-electron chi connectivity index (χ1n) is 8.51. The minimum Gasteiger partial charge on any atom is -0.390 e. The second-order valence-corrected chi connectivity index (χ2v) is 6.47. The number of hydrogen-bond acceptors (Lipinski definition) is 5. The fourth-order valence-corrected chi connectivity index (χ4v) is 3.45. The van der Waals surface area contributed by atoms with Crippen LogP contribution in [-0.4, -0.2) is 82.8 Å². The standard InChI is InChI=1S/C16H28N4O2/c21-15(13-20-8-2-5-17-20)12-18-6-3-7-19(10-9-18)14-16-4-1-11-22-16/h2,5,8,15-16,21H,1,3-4,6-7,9-14H2/t15-,16+/m0/s1. The Hall–Kier alpha value is -0.950. The van der Waals surface area contributed by atoms with Crippen LogP contribution in [0.3, 0.4) is 0 Å². The molecule has 2 saturated heterocycles. The van der Waals surface area contributed by atoms with Crippen LogP contribution in [-0.2, 0) is 11.3 Å². The lowest BCUT2D eigenvalue weighted by Gasteiger charge is -2.25. The molecule has 2 aliphatic rings. The van der Waals surface area contributed by atoms with E-state index >= 15 is 0 Å². The third kappa shape index (κ3) is 4.78. The summed E-state index contributed by atoms with van der Waals surface area (Å²) in [5.41, 5.74) is 0. The topological polar surface area (TPSA) is 53.8 Å². The van der Waals surface area contributed by atoms with Crippen LogP contribution in [0, 0.1) is 0 Å². The summed E-state index contributed by atoms with van der Waals surface area (Å²) in [4.78, 5) is 4.90. The number of β-amino-alcohol motifs (C(OH)–C–C–N with tert-alkyl or cyclic N) is 1. The van der Waals surface area contributed by atoms with Gasteiger partial charge in [0, 0.05) is 45.2 Å². The van der Waals surface area contributed by atoms with Gasteiger partial charge in [-0.25, -0.2) is 0 Å². The van der Waals surface area contributed by atoms with Crippen molar-refractivity contribution in [2.24, 2.45) is 0 Å². The first kappa shape index (κ1) is 15.9. The van der Waals surface area contributed by atoms with Gasteiger partial charge in [-0.3, -0.25) is 14.5 Å². The molecule has 0 radical (unpaired) electrons. The summed E-state index contributed by atoms with van der Waals surface area (Å²) in [6, 6.07) is 1.89. The molecule has 1 aromatic rings. The molecule has 0 amide bonds. The third-order valence-corrected chi connectivity index (χ3v) is 4.59. The zero-order valence-electron chi connectivity index (χ0n) is 13.3. The molecule has 2 atom stereocenters. The molecule has 0 aliphatic carbocycles. The summed E-state index contributed by atoms with van der Waals surface area (Å²) in [7, 11) is 0. The molecule has 1 N–H and O–H groups in total. The first-order valence-corrected chi connectivity index (χ1v) is 8.51. The quantitative estimate of drug-likeness (QED) is 0.826. The van der Waals surface area contributed by atoms with Gasteiger partial charge in [-0.15, -0.1) is 0 Å². The van der Waals surface area contributed by atoms with E-state index in [1.165, 1.54) is 19.3 Å². The highest BCUT2D eigenvalue weighted by Gasteiger charge is 2.22. The Kier molecular flexibility index (Phi) is 5.83. The Morgan fingerprint density at radius 2 is 2.00 bits per heavy atom. The zero-order valence-corrected chi connectivity index (χ0v) is 13.3. The third-order valence-electron chi connectivity index (χ3n) is 4.59. The van der Waals surface area contributed by atoms with E-state index in [-0.39, 0.29) is 6.10 Å². The molecule has 0 spiro atoms. The summed E-state index contributed by atoms with van der Waals surface area (Å²) >= 11 is 0. The molecular weight excluding hydrogens is 280 g/mol. The number of aliphatic hydroxyl groups is 1. The van der Waals surface area contributed by atoms with Crippen molar-refractivity contribution in [1.29, 1.82) is 0 Å². The molecule has 124 valence electrons. The van der Waals surface area contributed by atoms with Gasteiger partial charge in [0.15, 0.2) is 0 Å². The largest absolute Gasteiger partial charge is 0.390 e. The lowest BCUT2D eigenvalue weighted by atomic mass is 10.2. The van der Waals surface area contributed by atoms with Gasteiger partial charge in [-0.05, 0) is 38.4 Å². The summed E-state index contributed by atoms with van der Waals surface area (Å²) in [5, 5.41) is 14.4.